The third-order valence-electron chi connectivity index (χ3n) is 2.99. The van der Waals surface area contributed by atoms with E-state index >= 15 is 0 Å². The van der Waals surface area contributed by atoms with E-state index in [2.05, 4.69) is 5.10 Å². The Morgan fingerprint density at radius 2 is 2.14 bits per heavy atom. The van der Waals surface area contributed by atoms with Crippen LogP contribution in [0.2, 0.25) is 0 Å². The highest BCUT2D eigenvalue weighted by molar-refractivity contribution is 6.06. The van der Waals surface area contributed by atoms with Crippen molar-refractivity contribution in [1.82, 2.24) is 5.01 Å². The van der Waals surface area contributed by atoms with E-state index in [-0.39, 0.29) is 12.5 Å². The van der Waals surface area contributed by atoms with Gasteiger partial charge in [0.05, 0.1) is 18.7 Å². The van der Waals surface area contributed by atoms with Crippen molar-refractivity contribution >= 4 is 11.6 Å². The molecular formula is C10H15FN2O. The average Bonchev–Trinajstić information content (AvgIpc) is 2.76. The Morgan fingerprint density at radius 1 is 1.43 bits per heavy atom. The minimum atomic E-state index is -0.507. The molecule has 0 bridgehead atoms. The van der Waals surface area contributed by atoms with Crippen LogP contribution >= 0.6 is 0 Å². The number of rotatable bonds is 3. The Bertz CT molecular complexity index is 259. The largest absolute Gasteiger partial charge is 0.273 e. The van der Waals surface area contributed by atoms with Crippen LogP contribution in [0.1, 0.15) is 32.1 Å². The fourth-order valence-corrected chi connectivity index (χ4v) is 2.23. The van der Waals surface area contributed by atoms with Crippen molar-refractivity contribution in [2.75, 3.05) is 13.2 Å². The van der Waals surface area contributed by atoms with E-state index in [4.69, 9.17) is 0 Å². The van der Waals surface area contributed by atoms with Gasteiger partial charge in [-0.05, 0) is 18.8 Å². The molecular weight excluding hydrogens is 183 g/mol. The fraction of sp³-hybridized carbons (Fsp3) is 0.800. The van der Waals surface area contributed by atoms with Gasteiger partial charge < -0.3 is 0 Å². The maximum absolute atomic E-state index is 12.1. The summed E-state index contributed by atoms with van der Waals surface area (Å²) in [7, 11) is 0. The number of nitrogens with zero attached hydrogens (tertiary/aromatic N) is 2. The summed E-state index contributed by atoms with van der Waals surface area (Å²) >= 11 is 0. The molecule has 14 heavy (non-hydrogen) atoms. The van der Waals surface area contributed by atoms with Crippen LogP contribution in [-0.4, -0.2) is 29.8 Å². The summed E-state index contributed by atoms with van der Waals surface area (Å²) in [5.74, 6) is 0.452. The molecule has 0 radical (unpaired) electrons. The van der Waals surface area contributed by atoms with E-state index in [9.17, 15) is 9.18 Å². The van der Waals surface area contributed by atoms with Gasteiger partial charge in [0.25, 0.3) is 0 Å². The molecule has 1 saturated carbocycles. The molecule has 0 saturated heterocycles. The first-order valence-electron chi connectivity index (χ1n) is 5.25. The summed E-state index contributed by atoms with van der Waals surface area (Å²) in [5.41, 5.74) is 0.987. The molecule has 0 atom stereocenters. The zero-order valence-electron chi connectivity index (χ0n) is 8.21. The van der Waals surface area contributed by atoms with E-state index in [1.165, 1.54) is 17.9 Å². The first-order valence-corrected chi connectivity index (χ1v) is 5.25. The molecule has 1 fully saturated rings. The van der Waals surface area contributed by atoms with Gasteiger partial charge in [-0.1, -0.05) is 12.8 Å². The van der Waals surface area contributed by atoms with Gasteiger partial charge in [-0.25, -0.2) is 9.40 Å². The zero-order chi connectivity index (χ0) is 9.97. The lowest BCUT2D eigenvalue weighted by molar-refractivity contribution is -0.128. The topological polar surface area (TPSA) is 32.7 Å². The molecule has 3 nitrogen and oxygen atoms in total. The summed E-state index contributed by atoms with van der Waals surface area (Å²) in [6, 6.07) is 0. The van der Waals surface area contributed by atoms with Gasteiger partial charge in [-0.15, -0.1) is 0 Å². The van der Waals surface area contributed by atoms with Crippen LogP contribution in [0.15, 0.2) is 5.10 Å². The summed E-state index contributed by atoms with van der Waals surface area (Å²) in [4.78, 5) is 11.4. The Kier molecular flexibility index (Phi) is 2.79. The number of carbonyl (C=O) groups is 1. The molecule has 4 heteroatoms. The van der Waals surface area contributed by atoms with Crippen LogP contribution in [0.25, 0.3) is 0 Å². The number of hydrogen-bond donors (Lipinski definition) is 0. The fourth-order valence-electron chi connectivity index (χ4n) is 2.23. The Morgan fingerprint density at radius 3 is 2.79 bits per heavy atom. The van der Waals surface area contributed by atoms with Crippen LogP contribution in [0.4, 0.5) is 4.39 Å². The number of amides is 1. The molecule has 1 heterocycles. The Hall–Kier alpha value is -0.930. The van der Waals surface area contributed by atoms with Crippen molar-refractivity contribution in [3.8, 4) is 0 Å². The second kappa shape index (κ2) is 4.07. The van der Waals surface area contributed by atoms with Crippen LogP contribution in [-0.2, 0) is 4.79 Å². The highest BCUT2D eigenvalue weighted by Gasteiger charge is 2.30. The van der Waals surface area contributed by atoms with E-state index in [1.54, 1.807) is 0 Å². The van der Waals surface area contributed by atoms with Crippen LogP contribution < -0.4 is 0 Å². The molecule has 0 aromatic carbocycles. The smallest absolute Gasteiger partial charge is 0.248 e. The average molecular weight is 198 g/mol. The maximum Gasteiger partial charge on any atom is 0.248 e. The maximum atomic E-state index is 12.1. The third kappa shape index (κ3) is 1.79. The summed E-state index contributed by atoms with van der Waals surface area (Å²) in [6.07, 6.45) is 5.19. The van der Waals surface area contributed by atoms with Crippen LogP contribution in [0.3, 0.4) is 0 Å². The van der Waals surface area contributed by atoms with Crippen molar-refractivity contribution in [3.63, 3.8) is 0 Å². The minimum Gasteiger partial charge on any atom is -0.273 e. The predicted molar refractivity (Wildman–Crippen MR) is 51.7 cm³/mol. The lowest BCUT2D eigenvalue weighted by atomic mass is 10.00. The van der Waals surface area contributed by atoms with Crippen LogP contribution in [0, 0.1) is 5.92 Å². The molecule has 0 spiro atoms. The Labute approximate surface area is 83.0 Å². The van der Waals surface area contributed by atoms with Crippen molar-refractivity contribution in [2.45, 2.75) is 32.1 Å². The van der Waals surface area contributed by atoms with E-state index in [0.29, 0.717) is 12.3 Å². The summed E-state index contributed by atoms with van der Waals surface area (Å²) < 4.78 is 12.1. The third-order valence-corrected chi connectivity index (χ3v) is 2.99. The molecule has 2 rings (SSSR count). The van der Waals surface area contributed by atoms with Gasteiger partial charge in [0.15, 0.2) is 0 Å². The number of hydrazone groups is 1. The number of carbonyl (C=O) groups excluding carboxylic acids is 1. The second-order valence-corrected chi connectivity index (χ2v) is 3.96. The van der Waals surface area contributed by atoms with Gasteiger partial charge in [0, 0.05) is 0 Å². The molecule has 0 N–H and O–H groups in total. The Balaban J connectivity index is 1.99. The van der Waals surface area contributed by atoms with Gasteiger partial charge in [-0.3, -0.25) is 4.79 Å². The molecule has 0 aromatic heterocycles. The minimum absolute atomic E-state index is 0.0375. The molecule has 78 valence electrons. The molecule has 1 aliphatic heterocycles. The quantitative estimate of drug-likeness (QED) is 0.679. The van der Waals surface area contributed by atoms with E-state index in [0.717, 1.165) is 18.6 Å². The monoisotopic (exact) mass is 198 g/mol. The van der Waals surface area contributed by atoms with E-state index < -0.39 is 6.67 Å². The highest BCUT2D eigenvalue weighted by atomic mass is 19.1. The van der Waals surface area contributed by atoms with Gasteiger partial charge in [0.2, 0.25) is 5.91 Å². The molecule has 0 unspecified atom stereocenters. The highest BCUT2D eigenvalue weighted by Crippen LogP contribution is 2.29. The number of hydrogen-bond acceptors (Lipinski definition) is 2. The van der Waals surface area contributed by atoms with Gasteiger partial charge in [-0.2, -0.15) is 5.10 Å². The summed E-state index contributed by atoms with van der Waals surface area (Å²) in [5, 5.41) is 5.49. The SMILES string of the molecule is O=C1CC(C2CCCC2)=NN1CCF. The zero-order valence-corrected chi connectivity index (χ0v) is 8.21. The van der Waals surface area contributed by atoms with Gasteiger partial charge in [0.1, 0.15) is 6.67 Å². The molecule has 2 aliphatic rings. The van der Waals surface area contributed by atoms with Gasteiger partial charge >= 0.3 is 0 Å². The second-order valence-electron chi connectivity index (χ2n) is 3.96. The van der Waals surface area contributed by atoms with Crippen molar-refractivity contribution in [1.29, 1.82) is 0 Å². The predicted octanol–water partition coefficient (Wildman–Crippen LogP) is 1.73. The first kappa shape index (κ1) is 9.62. The standard InChI is InChI=1S/C10H15FN2O/c11-5-6-13-10(14)7-9(12-13)8-3-1-2-4-8/h8H,1-7H2. The van der Waals surface area contributed by atoms with Crippen molar-refractivity contribution in [2.24, 2.45) is 11.0 Å². The van der Waals surface area contributed by atoms with Crippen molar-refractivity contribution < 1.29 is 9.18 Å². The van der Waals surface area contributed by atoms with E-state index in [1.807, 2.05) is 0 Å². The molecule has 1 amide bonds. The lowest BCUT2D eigenvalue weighted by Gasteiger charge is -2.08. The summed E-state index contributed by atoms with van der Waals surface area (Å²) in [6.45, 7) is -0.387. The molecule has 0 aromatic rings. The first-order chi connectivity index (χ1) is 6.81. The van der Waals surface area contributed by atoms with Crippen molar-refractivity contribution in [3.05, 3.63) is 0 Å². The number of halogens is 1. The lowest BCUT2D eigenvalue weighted by Crippen LogP contribution is -2.22. The normalized spacial score (nSPS) is 23.4. The number of alkyl halides is 1. The van der Waals surface area contributed by atoms with Crippen LogP contribution in [0.5, 0.6) is 0 Å². The molecule has 1 aliphatic carbocycles.